The van der Waals surface area contributed by atoms with E-state index in [2.05, 4.69) is 15.9 Å². The number of carbonyl (C=O) groups excluding carboxylic acids is 2. The maximum atomic E-state index is 13.7. The predicted molar refractivity (Wildman–Crippen MR) is 164 cm³/mol. The molecule has 0 spiro atoms. The van der Waals surface area contributed by atoms with Gasteiger partial charge in [-0.2, -0.15) is 26.3 Å². The van der Waals surface area contributed by atoms with Gasteiger partial charge in [0, 0.05) is 23.1 Å². The van der Waals surface area contributed by atoms with Gasteiger partial charge in [0.2, 0.25) is 11.8 Å². The molecule has 2 aromatic rings. The number of anilines is 1. The third-order valence-electron chi connectivity index (χ3n) is 8.55. The Labute approximate surface area is 275 Å². The molecule has 3 N–H and O–H groups in total. The van der Waals surface area contributed by atoms with Crippen molar-refractivity contribution < 1.29 is 56.0 Å². The zero-order chi connectivity index (χ0) is 34.8. The second-order valence-corrected chi connectivity index (χ2v) is 12.6. The molecule has 47 heavy (non-hydrogen) atoms. The van der Waals surface area contributed by atoms with Crippen molar-refractivity contribution in [2.45, 2.75) is 57.5 Å². The standard InChI is InChI=1S/C33H34BrF6NO6/c1-3-4-17(9-18-10-22(34)6-8-26(18)43)5-7-27(44)28-19(16-47-2)11-24-29(25(28)15-42)31(46)41(30(24)45)23-13-20(32(35,36)37)12-21(14-23)33(38,39)40/h6,8-10,12-14,24-25,27,29,42-44H,3-5,7,11,15-16H2,1-2H3/b17-9+/t24-,25+,27-,29-/m1/s1. The number of allylic oxidation sites excluding steroid dienone is 1. The van der Waals surface area contributed by atoms with Gasteiger partial charge in [-0.1, -0.05) is 40.9 Å². The minimum absolute atomic E-state index is 0.0585. The fraction of sp³-hybridized carbons (Fsp3) is 0.455. The molecule has 4 rings (SSSR count). The first-order valence-electron chi connectivity index (χ1n) is 14.9. The molecule has 2 amide bonds. The summed E-state index contributed by atoms with van der Waals surface area (Å²) in [6, 6.07) is 5.50. The second kappa shape index (κ2) is 14.5. The average molecular weight is 735 g/mol. The number of aliphatic hydroxyl groups is 2. The van der Waals surface area contributed by atoms with E-state index in [0.717, 1.165) is 16.5 Å². The van der Waals surface area contributed by atoms with E-state index in [0.29, 0.717) is 41.0 Å². The van der Waals surface area contributed by atoms with Crippen LogP contribution in [0.1, 0.15) is 55.7 Å². The number of hydrogen-bond acceptors (Lipinski definition) is 6. The monoisotopic (exact) mass is 733 g/mol. The summed E-state index contributed by atoms with van der Waals surface area (Å²) in [7, 11) is 1.36. The van der Waals surface area contributed by atoms with Crippen LogP contribution in [0, 0.1) is 17.8 Å². The van der Waals surface area contributed by atoms with E-state index in [9.17, 15) is 51.3 Å². The molecule has 14 heteroatoms. The SMILES string of the molecule is CCC/C(=C\c1cc(Br)ccc1O)CC[C@@H](O)C1=C(COC)C[C@H]2C(=O)N(c3cc(C(F)(F)F)cc(C(F)(F)F)c3)C(=O)[C@H]2[C@H]1CO. The van der Waals surface area contributed by atoms with Gasteiger partial charge in [0.15, 0.2) is 0 Å². The summed E-state index contributed by atoms with van der Waals surface area (Å²) in [4.78, 5) is 27.7. The van der Waals surface area contributed by atoms with Crippen LogP contribution < -0.4 is 4.90 Å². The zero-order valence-corrected chi connectivity index (χ0v) is 27.0. The number of methoxy groups -OCH3 is 1. The Hall–Kier alpha value is -3.20. The highest BCUT2D eigenvalue weighted by atomic mass is 79.9. The number of imide groups is 1. The quantitative estimate of drug-likeness (QED) is 0.127. The van der Waals surface area contributed by atoms with E-state index in [4.69, 9.17) is 4.74 Å². The summed E-state index contributed by atoms with van der Waals surface area (Å²) in [6.45, 7) is 1.14. The molecule has 2 aliphatic rings. The van der Waals surface area contributed by atoms with Gasteiger partial charge in [-0.3, -0.25) is 9.59 Å². The molecule has 1 aliphatic heterocycles. The lowest BCUT2D eigenvalue weighted by atomic mass is 9.68. The molecule has 0 unspecified atom stereocenters. The summed E-state index contributed by atoms with van der Waals surface area (Å²) in [6.07, 6.45) is -8.13. The van der Waals surface area contributed by atoms with Crippen molar-refractivity contribution in [3.05, 3.63) is 74.3 Å². The number of phenols is 1. The van der Waals surface area contributed by atoms with Crippen LogP contribution in [-0.4, -0.2) is 53.6 Å². The first-order chi connectivity index (χ1) is 22.0. The number of phenolic OH excluding ortho intramolecular Hbond substituents is 1. The van der Waals surface area contributed by atoms with Gasteiger partial charge in [0.05, 0.1) is 48.0 Å². The summed E-state index contributed by atoms with van der Waals surface area (Å²) in [5.74, 6) is -5.72. The molecule has 0 bridgehead atoms. The highest BCUT2D eigenvalue weighted by Gasteiger charge is 2.55. The Morgan fingerprint density at radius 1 is 1.04 bits per heavy atom. The van der Waals surface area contributed by atoms with Gasteiger partial charge < -0.3 is 20.1 Å². The molecular weight excluding hydrogens is 700 g/mol. The lowest BCUT2D eigenvalue weighted by Crippen LogP contribution is -2.39. The Bertz CT molecular complexity index is 1540. The Morgan fingerprint density at radius 2 is 1.68 bits per heavy atom. The van der Waals surface area contributed by atoms with Gasteiger partial charge in [-0.15, -0.1) is 0 Å². The zero-order valence-electron chi connectivity index (χ0n) is 25.5. The smallest absolute Gasteiger partial charge is 0.416 e. The molecule has 7 nitrogen and oxygen atoms in total. The van der Waals surface area contributed by atoms with E-state index in [-0.39, 0.29) is 36.8 Å². The fourth-order valence-electron chi connectivity index (χ4n) is 6.52. The largest absolute Gasteiger partial charge is 0.507 e. The molecule has 0 radical (unpaired) electrons. The fourth-order valence-corrected chi connectivity index (χ4v) is 6.90. The van der Waals surface area contributed by atoms with Crippen LogP contribution in [0.15, 0.2) is 57.6 Å². The molecule has 0 aromatic heterocycles. The topological polar surface area (TPSA) is 107 Å². The van der Waals surface area contributed by atoms with Gasteiger partial charge in [-0.05, 0) is 73.2 Å². The lowest BCUT2D eigenvalue weighted by Gasteiger charge is -2.36. The van der Waals surface area contributed by atoms with Crippen molar-refractivity contribution in [2.24, 2.45) is 17.8 Å². The van der Waals surface area contributed by atoms with Crippen LogP contribution in [0.5, 0.6) is 5.75 Å². The number of nitrogens with zero attached hydrogens (tertiary/aromatic N) is 1. The molecule has 1 heterocycles. The lowest BCUT2D eigenvalue weighted by molar-refractivity contribution is -0.143. The Balaban J connectivity index is 1.69. The molecule has 1 fully saturated rings. The highest BCUT2D eigenvalue weighted by molar-refractivity contribution is 9.10. The Kier molecular flexibility index (Phi) is 11.3. The van der Waals surface area contributed by atoms with Gasteiger partial charge >= 0.3 is 12.4 Å². The summed E-state index contributed by atoms with van der Waals surface area (Å²) in [5, 5.41) is 32.3. The minimum Gasteiger partial charge on any atom is -0.507 e. The maximum Gasteiger partial charge on any atom is 0.416 e. The van der Waals surface area contributed by atoms with E-state index in [1.807, 2.05) is 13.0 Å². The van der Waals surface area contributed by atoms with Crippen LogP contribution in [0.3, 0.4) is 0 Å². The van der Waals surface area contributed by atoms with Crippen LogP contribution in [0.25, 0.3) is 6.08 Å². The van der Waals surface area contributed by atoms with E-state index >= 15 is 0 Å². The third-order valence-corrected chi connectivity index (χ3v) is 9.04. The number of amides is 2. The highest BCUT2D eigenvalue weighted by Crippen LogP contribution is 2.48. The molecule has 2 aromatic carbocycles. The van der Waals surface area contributed by atoms with Crippen molar-refractivity contribution in [1.82, 2.24) is 0 Å². The number of benzene rings is 2. The van der Waals surface area contributed by atoms with Crippen LogP contribution >= 0.6 is 15.9 Å². The number of alkyl halides is 6. The van der Waals surface area contributed by atoms with E-state index in [1.54, 1.807) is 12.1 Å². The summed E-state index contributed by atoms with van der Waals surface area (Å²) >= 11 is 3.37. The molecule has 256 valence electrons. The second-order valence-electron chi connectivity index (χ2n) is 11.7. The summed E-state index contributed by atoms with van der Waals surface area (Å²) in [5.41, 5.74) is -2.13. The predicted octanol–water partition coefficient (Wildman–Crippen LogP) is 7.28. The van der Waals surface area contributed by atoms with Gasteiger partial charge in [0.1, 0.15) is 5.75 Å². The number of hydrogen-bond donors (Lipinski definition) is 3. The van der Waals surface area contributed by atoms with Crippen molar-refractivity contribution in [3.8, 4) is 5.75 Å². The number of ether oxygens (including phenoxy) is 1. The molecule has 1 saturated heterocycles. The normalized spacial score (nSPS) is 21.5. The van der Waals surface area contributed by atoms with Crippen molar-refractivity contribution in [2.75, 3.05) is 25.2 Å². The van der Waals surface area contributed by atoms with Crippen molar-refractivity contribution in [3.63, 3.8) is 0 Å². The van der Waals surface area contributed by atoms with Crippen molar-refractivity contribution >= 4 is 39.5 Å². The average Bonchev–Trinajstić information content (AvgIpc) is 3.24. The number of halogens is 7. The molecular formula is C33H34BrF6NO6. The van der Waals surface area contributed by atoms with Crippen molar-refractivity contribution in [1.29, 1.82) is 0 Å². The molecule has 1 aliphatic carbocycles. The van der Waals surface area contributed by atoms with Crippen LogP contribution in [0.2, 0.25) is 0 Å². The van der Waals surface area contributed by atoms with Gasteiger partial charge in [-0.25, -0.2) is 4.90 Å². The number of rotatable bonds is 11. The minimum atomic E-state index is -5.20. The first kappa shape index (κ1) is 36.6. The molecule has 0 saturated carbocycles. The number of aliphatic hydroxyl groups excluding tert-OH is 2. The van der Waals surface area contributed by atoms with Gasteiger partial charge in [0.25, 0.3) is 0 Å². The van der Waals surface area contributed by atoms with E-state index < -0.39 is 71.4 Å². The molecule has 4 atom stereocenters. The number of fused-ring (bicyclic) bond motifs is 1. The summed E-state index contributed by atoms with van der Waals surface area (Å²) < 4.78 is 87.6. The Morgan fingerprint density at radius 3 is 2.23 bits per heavy atom. The maximum absolute atomic E-state index is 13.7. The van der Waals surface area contributed by atoms with E-state index in [1.165, 1.54) is 13.2 Å². The number of carbonyl (C=O) groups is 2. The number of aromatic hydroxyl groups is 1. The first-order valence-corrected chi connectivity index (χ1v) is 15.7. The third kappa shape index (κ3) is 7.93. The van der Waals surface area contributed by atoms with Crippen LogP contribution in [0.4, 0.5) is 32.0 Å². The van der Waals surface area contributed by atoms with Crippen LogP contribution in [-0.2, 0) is 26.7 Å².